The van der Waals surface area contributed by atoms with E-state index in [1.807, 2.05) is 19.9 Å². The molecule has 2 nitrogen and oxygen atoms in total. The van der Waals surface area contributed by atoms with E-state index in [4.69, 9.17) is 0 Å². The summed E-state index contributed by atoms with van der Waals surface area (Å²) in [6.07, 6.45) is 11.8. The molecule has 0 aromatic heterocycles. The third kappa shape index (κ3) is 11.5. The Labute approximate surface area is 137 Å². The molecule has 0 saturated carbocycles. The van der Waals surface area contributed by atoms with E-state index in [-0.39, 0.29) is 6.10 Å². The minimum Gasteiger partial charge on any atom is -0.389 e. The predicted molar refractivity (Wildman–Crippen MR) is 96.9 cm³/mol. The summed E-state index contributed by atoms with van der Waals surface area (Å²) in [5.41, 5.74) is 2.95. The highest BCUT2D eigenvalue weighted by Gasteiger charge is 2.13. The lowest BCUT2D eigenvalue weighted by Gasteiger charge is -2.16. The maximum absolute atomic E-state index is 9.85. The maximum atomic E-state index is 9.85. The number of rotatable bonds is 10. The van der Waals surface area contributed by atoms with Crippen molar-refractivity contribution in [1.82, 2.24) is 0 Å². The van der Waals surface area contributed by atoms with Crippen LogP contribution in [-0.2, 0) is 0 Å². The van der Waals surface area contributed by atoms with Crippen LogP contribution in [-0.4, -0.2) is 21.9 Å². The molecule has 0 aliphatic rings. The van der Waals surface area contributed by atoms with E-state index in [1.54, 1.807) is 13.0 Å². The zero-order chi connectivity index (χ0) is 17.2. The fourth-order valence-electron chi connectivity index (χ4n) is 2.22. The summed E-state index contributed by atoms with van der Waals surface area (Å²) in [4.78, 5) is 0. The summed E-state index contributed by atoms with van der Waals surface area (Å²) in [7, 11) is 0. The second-order valence-electron chi connectivity index (χ2n) is 6.76. The first-order chi connectivity index (χ1) is 10.2. The van der Waals surface area contributed by atoms with Crippen LogP contribution in [0.5, 0.6) is 0 Å². The molecule has 0 spiro atoms. The molecule has 0 saturated heterocycles. The third-order valence-corrected chi connectivity index (χ3v) is 3.67. The van der Waals surface area contributed by atoms with Crippen molar-refractivity contribution in [3.63, 3.8) is 0 Å². The molecule has 0 aliphatic carbocycles. The van der Waals surface area contributed by atoms with Crippen molar-refractivity contribution in [3.05, 3.63) is 47.6 Å². The Balaban J connectivity index is 4.14. The van der Waals surface area contributed by atoms with Gasteiger partial charge in [-0.3, -0.25) is 0 Å². The van der Waals surface area contributed by atoms with Gasteiger partial charge in [-0.05, 0) is 66.7 Å². The number of hydrogen-bond donors (Lipinski definition) is 2. The summed E-state index contributed by atoms with van der Waals surface area (Å²) in [5, 5.41) is 19.7. The van der Waals surface area contributed by atoms with Crippen LogP contribution in [0.1, 0.15) is 66.7 Å². The van der Waals surface area contributed by atoms with Crippen LogP contribution in [0, 0.1) is 0 Å². The zero-order valence-corrected chi connectivity index (χ0v) is 15.0. The highest BCUT2D eigenvalue weighted by molar-refractivity contribution is 5.08. The molecule has 0 aliphatic heterocycles. The van der Waals surface area contributed by atoms with Crippen molar-refractivity contribution in [2.75, 3.05) is 0 Å². The lowest BCUT2D eigenvalue weighted by molar-refractivity contribution is 0.103. The molecule has 2 heteroatoms. The maximum Gasteiger partial charge on any atom is 0.0800 e. The Morgan fingerprint density at radius 1 is 1.09 bits per heavy atom. The van der Waals surface area contributed by atoms with Crippen molar-refractivity contribution in [1.29, 1.82) is 0 Å². The van der Waals surface area contributed by atoms with Crippen molar-refractivity contribution in [2.24, 2.45) is 0 Å². The first-order valence-electron chi connectivity index (χ1n) is 8.16. The largest absolute Gasteiger partial charge is 0.389 e. The molecule has 2 N–H and O–H groups in total. The van der Waals surface area contributed by atoms with Gasteiger partial charge in [-0.15, -0.1) is 6.58 Å². The molecule has 0 rings (SSSR count). The Kier molecular flexibility index (Phi) is 10.0. The van der Waals surface area contributed by atoms with Crippen LogP contribution in [0.4, 0.5) is 0 Å². The Bertz CT molecular complexity index is 421. The molecule has 0 aromatic rings. The Morgan fingerprint density at radius 2 is 1.68 bits per heavy atom. The molecule has 126 valence electrons. The Morgan fingerprint density at radius 3 is 2.23 bits per heavy atom. The number of hydrogen-bond acceptors (Lipinski definition) is 2. The van der Waals surface area contributed by atoms with Gasteiger partial charge in [0.25, 0.3) is 0 Å². The van der Waals surface area contributed by atoms with Crippen molar-refractivity contribution < 1.29 is 10.2 Å². The molecular formula is C20H34O2. The topological polar surface area (TPSA) is 40.5 Å². The second-order valence-corrected chi connectivity index (χ2v) is 6.76. The minimum absolute atomic E-state index is 0.376. The molecule has 0 fully saturated rings. The second kappa shape index (κ2) is 10.6. The molecule has 0 amide bonds. The van der Waals surface area contributed by atoms with Crippen LogP contribution < -0.4 is 0 Å². The van der Waals surface area contributed by atoms with E-state index in [0.717, 1.165) is 24.8 Å². The van der Waals surface area contributed by atoms with Gasteiger partial charge >= 0.3 is 0 Å². The summed E-state index contributed by atoms with van der Waals surface area (Å²) in [6.45, 7) is 13.6. The predicted octanol–water partition coefficient (Wildman–Crippen LogP) is 5.09. The van der Waals surface area contributed by atoms with Gasteiger partial charge in [0, 0.05) is 0 Å². The Hall–Kier alpha value is -1.12. The van der Waals surface area contributed by atoms with E-state index < -0.39 is 5.60 Å². The average molecular weight is 306 g/mol. The number of allylic oxidation sites excluding steroid dienone is 4. The average Bonchev–Trinajstić information content (AvgIpc) is 2.37. The normalized spacial score (nSPS) is 16.9. The SMILES string of the molecule is C=C[C@@](C)(O)CC/C=C(\C)CC/C=C(\C)C[C@@H](O)C=C(C)C. The molecule has 0 radical (unpaired) electrons. The summed E-state index contributed by atoms with van der Waals surface area (Å²) >= 11 is 0. The van der Waals surface area contributed by atoms with Gasteiger partial charge in [0.1, 0.15) is 0 Å². The lowest BCUT2D eigenvalue weighted by Crippen LogP contribution is -2.19. The van der Waals surface area contributed by atoms with Gasteiger partial charge in [0.05, 0.1) is 11.7 Å². The minimum atomic E-state index is -0.770. The molecule has 22 heavy (non-hydrogen) atoms. The number of aliphatic hydroxyl groups is 2. The van der Waals surface area contributed by atoms with Gasteiger partial charge < -0.3 is 10.2 Å². The molecule has 0 unspecified atom stereocenters. The van der Waals surface area contributed by atoms with Crippen LogP contribution in [0.2, 0.25) is 0 Å². The van der Waals surface area contributed by atoms with Crippen LogP contribution in [0.3, 0.4) is 0 Å². The summed E-state index contributed by atoms with van der Waals surface area (Å²) < 4.78 is 0. The molecular weight excluding hydrogens is 272 g/mol. The quantitative estimate of drug-likeness (QED) is 0.552. The van der Waals surface area contributed by atoms with Crippen molar-refractivity contribution in [2.45, 2.75) is 78.4 Å². The van der Waals surface area contributed by atoms with Gasteiger partial charge in [0.2, 0.25) is 0 Å². The standard InChI is InChI=1S/C20H34O2/c1-7-20(6,22)13-9-12-17(4)10-8-11-18(5)15-19(21)14-16(2)3/h7,11-12,14,19,21-22H,1,8-10,13,15H2,2-6H3/b17-12+,18-11+/t19-,20+/m0/s1. The fourth-order valence-corrected chi connectivity index (χ4v) is 2.22. The highest BCUT2D eigenvalue weighted by Crippen LogP contribution is 2.16. The van der Waals surface area contributed by atoms with E-state index in [2.05, 4.69) is 32.6 Å². The van der Waals surface area contributed by atoms with Crippen molar-refractivity contribution >= 4 is 0 Å². The van der Waals surface area contributed by atoms with E-state index in [1.165, 1.54) is 11.1 Å². The monoisotopic (exact) mass is 306 g/mol. The van der Waals surface area contributed by atoms with E-state index in [0.29, 0.717) is 12.8 Å². The molecule has 0 heterocycles. The lowest BCUT2D eigenvalue weighted by atomic mass is 9.99. The van der Waals surface area contributed by atoms with E-state index in [9.17, 15) is 10.2 Å². The summed E-state index contributed by atoms with van der Waals surface area (Å²) in [6, 6.07) is 0. The van der Waals surface area contributed by atoms with Crippen LogP contribution in [0.25, 0.3) is 0 Å². The highest BCUT2D eigenvalue weighted by atomic mass is 16.3. The van der Waals surface area contributed by atoms with Gasteiger partial charge in [-0.25, -0.2) is 0 Å². The first kappa shape index (κ1) is 20.9. The van der Waals surface area contributed by atoms with Gasteiger partial charge in [-0.1, -0.05) is 41.0 Å². The number of aliphatic hydroxyl groups excluding tert-OH is 1. The van der Waals surface area contributed by atoms with E-state index >= 15 is 0 Å². The zero-order valence-electron chi connectivity index (χ0n) is 15.0. The smallest absolute Gasteiger partial charge is 0.0800 e. The molecule has 2 atom stereocenters. The molecule has 0 bridgehead atoms. The third-order valence-electron chi connectivity index (χ3n) is 3.67. The van der Waals surface area contributed by atoms with Gasteiger partial charge in [-0.2, -0.15) is 0 Å². The molecule has 0 aromatic carbocycles. The first-order valence-corrected chi connectivity index (χ1v) is 8.16. The van der Waals surface area contributed by atoms with Crippen molar-refractivity contribution in [3.8, 4) is 0 Å². The fraction of sp³-hybridized carbons (Fsp3) is 0.600. The van der Waals surface area contributed by atoms with Crippen LogP contribution >= 0.6 is 0 Å². The van der Waals surface area contributed by atoms with Gasteiger partial charge in [0.15, 0.2) is 0 Å². The summed E-state index contributed by atoms with van der Waals surface area (Å²) in [5.74, 6) is 0. The van der Waals surface area contributed by atoms with Crippen LogP contribution in [0.15, 0.2) is 47.6 Å².